The summed E-state index contributed by atoms with van der Waals surface area (Å²) in [6.45, 7) is 6.36. The van der Waals surface area contributed by atoms with Gasteiger partial charge in [-0.05, 0) is 19.3 Å². The van der Waals surface area contributed by atoms with Gasteiger partial charge in [0.25, 0.3) is 5.91 Å². The van der Waals surface area contributed by atoms with Gasteiger partial charge in [0.1, 0.15) is 0 Å². The molecule has 0 bridgehead atoms. The summed E-state index contributed by atoms with van der Waals surface area (Å²) in [6, 6.07) is 0.212. The van der Waals surface area contributed by atoms with Crippen LogP contribution in [0.5, 0.6) is 0 Å². The molecule has 6 heteroatoms. The van der Waals surface area contributed by atoms with E-state index in [4.69, 9.17) is 0 Å². The third-order valence-corrected chi connectivity index (χ3v) is 3.54. The molecule has 0 aliphatic heterocycles. The second-order valence-electron chi connectivity index (χ2n) is 4.56. The summed E-state index contributed by atoms with van der Waals surface area (Å²) in [5, 5.41) is 11.7. The van der Waals surface area contributed by atoms with E-state index in [9.17, 15) is 4.79 Å². The van der Waals surface area contributed by atoms with Crippen LogP contribution in [-0.2, 0) is 0 Å². The van der Waals surface area contributed by atoms with Crippen molar-refractivity contribution in [1.29, 1.82) is 0 Å². The Morgan fingerprint density at radius 3 is 2.53 bits per heavy atom. The van der Waals surface area contributed by atoms with E-state index in [0.29, 0.717) is 16.1 Å². The van der Waals surface area contributed by atoms with E-state index >= 15 is 0 Å². The van der Waals surface area contributed by atoms with E-state index in [1.807, 2.05) is 7.05 Å². The molecule has 0 fully saturated rings. The molecule has 1 amide bonds. The molecule has 1 N–H and O–H groups in total. The van der Waals surface area contributed by atoms with Crippen molar-refractivity contribution in [3.05, 3.63) is 5.01 Å². The molecule has 0 aromatic carbocycles. The molecule has 17 heavy (non-hydrogen) atoms. The fourth-order valence-corrected chi connectivity index (χ4v) is 2.28. The van der Waals surface area contributed by atoms with Gasteiger partial charge in [-0.3, -0.25) is 4.79 Å². The van der Waals surface area contributed by atoms with Gasteiger partial charge in [-0.25, -0.2) is 0 Å². The molecular weight excluding hydrogens is 236 g/mol. The molecular formula is C11H20N4OS. The monoisotopic (exact) mass is 256 g/mol. The predicted octanol–water partition coefficient (Wildman–Crippen LogP) is 2.09. The van der Waals surface area contributed by atoms with Crippen molar-refractivity contribution in [3.8, 4) is 0 Å². The summed E-state index contributed by atoms with van der Waals surface area (Å²) in [7, 11) is 3.58. The molecule has 1 unspecified atom stereocenters. The highest BCUT2D eigenvalue weighted by Crippen LogP contribution is 2.18. The van der Waals surface area contributed by atoms with Crippen LogP contribution >= 0.6 is 11.3 Å². The first-order valence-electron chi connectivity index (χ1n) is 5.74. The summed E-state index contributed by atoms with van der Waals surface area (Å²) in [5.74, 6) is 0.514. The van der Waals surface area contributed by atoms with Gasteiger partial charge in [-0.1, -0.05) is 25.2 Å². The van der Waals surface area contributed by atoms with Gasteiger partial charge in [0, 0.05) is 20.1 Å². The van der Waals surface area contributed by atoms with E-state index in [2.05, 4.69) is 36.3 Å². The second kappa shape index (κ2) is 5.95. The number of carbonyl (C=O) groups is 1. The minimum atomic E-state index is -0.0582. The molecule has 1 rings (SSSR count). The average Bonchev–Trinajstić information content (AvgIpc) is 2.74. The van der Waals surface area contributed by atoms with Gasteiger partial charge in [-0.2, -0.15) is 0 Å². The molecule has 1 atom stereocenters. The Hall–Kier alpha value is -1.17. The topological polar surface area (TPSA) is 58.1 Å². The maximum atomic E-state index is 12.1. The lowest BCUT2D eigenvalue weighted by Gasteiger charge is -2.25. The fourth-order valence-electron chi connectivity index (χ4n) is 1.60. The van der Waals surface area contributed by atoms with Crippen LogP contribution in [0.2, 0.25) is 0 Å². The summed E-state index contributed by atoms with van der Waals surface area (Å²) >= 11 is 1.28. The van der Waals surface area contributed by atoms with Crippen LogP contribution in [0.25, 0.3) is 0 Å². The first-order valence-corrected chi connectivity index (χ1v) is 6.55. The number of amides is 1. The van der Waals surface area contributed by atoms with Crippen molar-refractivity contribution in [1.82, 2.24) is 15.1 Å². The van der Waals surface area contributed by atoms with E-state index in [1.54, 1.807) is 11.9 Å². The van der Waals surface area contributed by atoms with Crippen LogP contribution in [0, 0.1) is 5.92 Å². The molecule has 5 nitrogen and oxygen atoms in total. The van der Waals surface area contributed by atoms with Crippen LogP contribution in [-0.4, -0.2) is 41.1 Å². The number of hydrogen-bond acceptors (Lipinski definition) is 5. The standard InChI is InChI=1S/C11H20N4OS/c1-7(2)6-8(3)15(5)10(16)9-13-14-11(12-4)17-9/h7-8H,6H2,1-5H3,(H,12,14). The molecule has 1 aromatic heterocycles. The van der Waals surface area contributed by atoms with Gasteiger partial charge < -0.3 is 10.2 Å². The highest BCUT2D eigenvalue weighted by Gasteiger charge is 2.21. The zero-order chi connectivity index (χ0) is 13.0. The zero-order valence-corrected chi connectivity index (χ0v) is 11.8. The number of rotatable bonds is 5. The van der Waals surface area contributed by atoms with Gasteiger partial charge in [0.05, 0.1) is 0 Å². The van der Waals surface area contributed by atoms with Gasteiger partial charge in [0.2, 0.25) is 10.1 Å². The van der Waals surface area contributed by atoms with E-state index < -0.39 is 0 Å². The number of anilines is 1. The number of carbonyl (C=O) groups excluding carboxylic acids is 1. The molecule has 1 aromatic rings. The van der Waals surface area contributed by atoms with Crippen molar-refractivity contribution in [2.45, 2.75) is 33.2 Å². The number of nitrogens with zero attached hydrogens (tertiary/aromatic N) is 3. The lowest BCUT2D eigenvalue weighted by molar-refractivity contribution is 0.0727. The Labute approximate surface area is 106 Å². The molecule has 0 spiro atoms. The average molecular weight is 256 g/mol. The van der Waals surface area contributed by atoms with Crippen molar-refractivity contribution >= 4 is 22.4 Å². The summed E-state index contributed by atoms with van der Waals surface area (Å²) in [5.41, 5.74) is 0. The Kier molecular flexibility index (Phi) is 4.86. The molecule has 0 saturated carbocycles. The lowest BCUT2D eigenvalue weighted by atomic mass is 10.0. The second-order valence-corrected chi connectivity index (χ2v) is 5.53. The maximum absolute atomic E-state index is 12.1. The normalized spacial score (nSPS) is 12.6. The minimum absolute atomic E-state index is 0.0582. The maximum Gasteiger partial charge on any atom is 0.284 e. The van der Waals surface area contributed by atoms with Crippen LogP contribution in [0.15, 0.2) is 0 Å². The number of aromatic nitrogens is 2. The van der Waals surface area contributed by atoms with Crippen LogP contribution in [0.3, 0.4) is 0 Å². The van der Waals surface area contributed by atoms with Crippen LogP contribution in [0.4, 0.5) is 5.13 Å². The lowest BCUT2D eigenvalue weighted by Crippen LogP contribution is -2.35. The van der Waals surface area contributed by atoms with Crippen molar-refractivity contribution in [2.75, 3.05) is 19.4 Å². The largest absolute Gasteiger partial charge is 0.363 e. The summed E-state index contributed by atoms with van der Waals surface area (Å²) in [4.78, 5) is 13.8. The van der Waals surface area contributed by atoms with Gasteiger partial charge in [-0.15, -0.1) is 10.2 Å². The molecule has 0 radical (unpaired) electrons. The third-order valence-electron chi connectivity index (χ3n) is 2.62. The Morgan fingerprint density at radius 2 is 2.06 bits per heavy atom. The highest BCUT2D eigenvalue weighted by molar-refractivity contribution is 7.17. The van der Waals surface area contributed by atoms with E-state index in [1.165, 1.54) is 11.3 Å². The molecule has 1 heterocycles. The number of nitrogens with one attached hydrogen (secondary N) is 1. The Balaban J connectivity index is 2.68. The first kappa shape index (κ1) is 13.9. The van der Waals surface area contributed by atoms with Crippen LogP contribution < -0.4 is 5.32 Å². The van der Waals surface area contributed by atoms with Crippen LogP contribution in [0.1, 0.15) is 37.0 Å². The molecule has 0 saturated heterocycles. The third kappa shape index (κ3) is 3.66. The van der Waals surface area contributed by atoms with E-state index in [0.717, 1.165) is 6.42 Å². The summed E-state index contributed by atoms with van der Waals surface area (Å²) < 4.78 is 0. The minimum Gasteiger partial charge on any atom is -0.363 e. The van der Waals surface area contributed by atoms with Gasteiger partial charge in [0.15, 0.2) is 0 Å². The SMILES string of the molecule is CNc1nnc(C(=O)N(C)C(C)CC(C)C)s1. The summed E-state index contributed by atoms with van der Waals surface area (Å²) in [6.07, 6.45) is 0.986. The van der Waals surface area contributed by atoms with Gasteiger partial charge >= 0.3 is 0 Å². The first-order chi connectivity index (χ1) is 7.95. The zero-order valence-electron chi connectivity index (χ0n) is 11.0. The number of hydrogen-bond donors (Lipinski definition) is 1. The van der Waals surface area contributed by atoms with Crippen molar-refractivity contribution in [2.24, 2.45) is 5.92 Å². The Morgan fingerprint density at radius 1 is 1.41 bits per heavy atom. The Bertz CT molecular complexity index is 377. The highest BCUT2D eigenvalue weighted by atomic mass is 32.1. The smallest absolute Gasteiger partial charge is 0.284 e. The van der Waals surface area contributed by atoms with Crippen molar-refractivity contribution in [3.63, 3.8) is 0 Å². The quantitative estimate of drug-likeness (QED) is 0.876. The molecule has 0 aliphatic carbocycles. The van der Waals surface area contributed by atoms with Crippen molar-refractivity contribution < 1.29 is 4.79 Å². The van der Waals surface area contributed by atoms with E-state index in [-0.39, 0.29) is 11.9 Å². The predicted molar refractivity (Wildman–Crippen MR) is 70.5 cm³/mol. The molecule has 96 valence electrons. The fraction of sp³-hybridized carbons (Fsp3) is 0.727. The molecule has 0 aliphatic rings.